The van der Waals surface area contributed by atoms with Crippen LogP contribution in [0.15, 0.2) is 305 Å². The standard InChI is InChI=1S/C40H24N2O.C22H13BrN2.C18H13BO3/c1-3-17-33-30(14-1)31-15-2-4-18-34(31)39-38(33)41-24-36(42-39)28-13-8-11-26(23-28)25-10-7-12-27(22-25)29-19-9-20-35-32-16-5-6-21-37(32)43-40(29)35;23-15-7-5-6-14(12-15)20-13-24-21-18-10-3-1-8-16(18)17-9-2-4-11-19(17)22(21)25-20;20-19(21)13-6-3-5-12(11-13)14-8-4-9-16-15-7-1-2-10-17(15)22-18(14)16/h1-24H;1-13H;1-11,20-21H. The molecular formula is C80H50BBrN4O4. The minimum atomic E-state index is -1.48. The molecule has 0 radical (unpaired) electrons. The van der Waals surface area contributed by atoms with Gasteiger partial charge < -0.3 is 18.9 Å². The molecule has 8 nitrogen and oxygen atoms in total. The van der Waals surface area contributed by atoms with Crippen molar-refractivity contribution in [3.05, 3.63) is 296 Å². The molecule has 4 heterocycles. The third-order valence-electron chi connectivity index (χ3n) is 16.9. The van der Waals surface area contributed by atoms with E-state index in [0.717, 1.165) is 148 Å². The van der Waals surface area contributed by atoms with Gasteiger partial charge in [-0.3, -0.25) is 9.97 Å². The molecule has 0 fully saturated rings. The highest BCUT2D eigenvalue weighted by Gasteiger charge is 2.18. The Bertz CT molecular complexity index is 5770. The number of halogens is 1. The smallest absolute Gasteiger partial charge is 0.455 e. The Morgan fingerprint density at radius 3 is 1.10 bits per heavy atom. The molecule has 10 heteroatoms. The molecule has 18 aromatic rings. The molecule has 90 heavy (non-hydrogen) atoms. The Morgan fingerprint density at radius 1 is 0.289 bits per heavy atom. The molecular weight excluding hydrogens is 1170 g/mol. The second-order valence-electron chi connectivity index (χ2n) is 22.3. The monoisotopic (exact) mass is 1220 g/mol. The molecule has 14 aromatic carbocycles. The summed E-state index contributed by atoms with van der Waals surface area (Å²) in [5.41, 5.74) is 17.9. The van der Waals surface area contributed by atoms with Crippen LogP contribution in [-0.4, -0.2) is 37.1 Å². The summed E-state index contributed by atoms with van der Waals surface area (Å²) in [6.45, 7) is 0. The second kappa shape index (κ2) is 22.9. The zero-order valence-electron chi connectivity index (χ0n) is 48.2. The van der Waals surface area contributed by atoms with Crippen LogP contribution in [0.3, 0.4) is 0 Å². The van der Waals surface area contributed by atoms with Gasteiger partial charge in [0.15, 0.2) is 0 Å². The van der Waals surface area contributed by atoms with Crippen LogP contribution in [0.5, 0.6) is 0 Å². The number of aromatic nitrogens is 4. The predicted octanol–water partition coefficient (Wildman–Crippen LogP) is 20.1. The molecule has 18 rings (SSSR count). The molecule has 0 unspecified atom stereocenters. The summed E-state index contributed by atoms with van der Waals surface area (Å²) >= 11 is 3.53. The summed E-state index contributed by atoms with van der Waals surface area (Å²) in [5, 5.41) is 32.5. The van der Waals surface area contributed by atoms with Crippen LogP contribution in [0.1, 0.15) is 0 Å². The average molecular weight is 1220 g/mol. The Morgan fingerprint density at radius 2 is 0.633 bits per heavy atom. The molecule has 2 N–H and O–H groups in total. The van der Waals surface area contributed by atoms with Gasteiger partial charge in [-0.25, -0.2) is 9.97 Å². The number of hydrogen-bond acceptors (Lipinski definition) is 8. The summed E-state index contributed by atoms with van der Waals surface area (Å²) in [5.74, 6) is 0. The fourth-order valence-corrected chi connectivity index (χ4v) is 13.1. The summed E-state index contributed by atoms with van der Waals surface area (Å²) < 4.78 is 13.4. The molecule has 0 aliphatic carbocycles. The fraction of sp³-hybridized carbons (Fsp3) is 0. The summed E-state index contributed by atoms with van der Waals surface area (Å²) in [4.78, 5) is 19.9. The maximum absolute atomic E-state index is 9.35. The maximum atomic E-state index is 9.35. The zero-order chi connectivity index (χ0) is 60.2. The van der Waals surface area contributed by atoms with Gasteiger partial charge in [0.2, 0.25) is 0 Å². The van der Waals surface area contributed by atoms with E-state index in [0.29, 0.717) is 5.46 Å². The topological polar surface area (TPSA) is 118 Å². The SMILES string of the molecule is Brc1cccc(-c2cnc3c4ccccc4c4ccccc4c3n2)c1.OB(O)c1cccc(-c2cccc3c2oc2ccccc23)c1.c1cc(-c2cccc(-c3cccc4c3oc3ccccc34)c2)cc(-c2cnc3c4ccccc4c4ccccc4c3n2)c1. The summed E-state index contributed by atoms with van der Waals surface area (Å²) in [6, 6.07) is 94.9. The van der Waals surface area contributed by atoms with Crippen molar-refractivity contribution < 1.29 is 18.9 Å². The van der Waals surface area contributed by atoms with E-state index < -0.39 is 7.12 Å². The first-order chi connectivity index (χ1) is 44.4. The summed E-state index contributed by atoms with van der Waals surface area (Å²) in [7, 11) is -1.48. The van der Waals surface area contributed by atoms with Gasteiger partial charge in [-0.15, -0.1) is 0 Å². The van der Waals surface area contributed by atoms with E-state index in [1.807, 2.05) is 91.3 Å². The Balaban J connectivity index is 0.000000117. The van der Waals surface area contributed by atoms with Crippen molar-refractivity contribution in [1.29, 1.82) is 0 Å². The van der Waals surface area contributed by atoms with Gasteiger partial charge in [0, 0.05) is 69.8 Å². The van der Waals surface area contributed by atoms with Gasteiger partial charge in [0.25, 0.3) is 0 Å². The largest absolute Gasteiger partial charge is 0.488 e. The van der Waals surface area contributed by atoms with Crippen molar-refractivity contribution >= 4 is 138 Å². The van der Waals surface area contributed by atoms with E-state index >= 15 is 0 Å². The van der Waals surface area contributed by atoms with Crippen molar-refractivity contribution in [3.8, 4) is 55.9 Å². The van der Waals surface area contributed by atoms with Gasteiger partial charge in [-0.2, -0.15) is 0 Å². The number of fused-ring (bicyclic) bond motifs is 18. The number of para-hydroxylation sites is 4. The number of rotatable bonds is 6. The highest BCUT2D eigenvalue weighted by atomic mass is 79.9. The van der Waals surface area contributed by atoms with Gasteiger partial charge in [0.1, 0.15) is 22.3 Å². The lowest BCUT2D eigenvalue weighted by atomic mass is 9.79. The van der Waals surface area contributed by atoms with Crippen molar-refractivity contribution in [2.24, 2.45) is 0 Å². The molecule has 0 spiro atoms. The molecule has 0 saturated heterocycles. The van der Waals surface area contributed by atoms with Crippen LogP contribution in [-0.2, 0) is 0 Å². The third kappa shape index (κ3) is 9.76. The molecule has 0 aliphatic rings. The number of benzene rings is 14. The van der Waals surface area contributed by atoms with Gasteiger partial charge in [-0.1, -0.05) is 259 Å². The Hall–Kier alpha value is -11.1. The molecule has 424 valence electrons. The number of furan rings is 2. The molecule has 0 amide bonds. The van der Waals surface area contributed by atoms with Crippen molar-refractivity contribution in [1.82, 2.24) is 19.9 Å². The molecule has 0 saturated carbocycles. The second-order valence-corrected chi connectivity index (χ2v) is 23.2. The van der Waals surface area contributed by atoms with Crippen molar-refractivity contribution in [3.63, 3.8) is 0 Å². The lowest BCUT2D eigenvalue weighted by molar-refractivity contribution is 0.426. The highest BCUT2D eigenvalue weighted by molar-refractivity contribution is 9.10. The molecule has 0 aliphatic heterocycles. The lowest BCUT2D eigenvalue weighted by Crippen LogP contribution is -2.29. The lowest BCUT2D eigenvalue weighted by Gasteiger charge is -2.11. The highest BCUT2D eigenvalue weighted by Crippen LogP contribution is 2.41. The zero-order valence-corrected chi connectivity index (χ0v) is 49.8. The van der Waals surface area contributed by atoms with Crippen LogP contribution >= 0.6 is 15.9 Å². The molecule has 0 bridgehead atoms. The van der Waals surface area contributed by atoms with E-state index in [1.54, 1.807) is 12.1 Å². The number of hydrogen-bond donors (Lipinski definition) is 2. The quantitative estimate of drug-likeness (QED) is 0.125. The Kier molecular flexibility index (Phi) is 13.8. The van der Waals surface area contributed by atoms with E-state index in [9.17, 15) is 10.0 Å². The fourth-order valence-electron chi connectivity index (χ4n) is 12.7. The van der Waals surface area contributed by atoms with Crippen LogP contribution in [0.4, 0.5) is 0 Å². The minimum Gasteiger partial charge on any atom is -0.455 e. The van der Waals surface area contributed by atoms with Crippen molar-refractivity contribution in [2.75, 3.05) is 0 Å². The van der Waals surface area contributed by atoms with Gasteiger partial charge in [-0.05, 0) is 85.7 Å². The van der Waals surface area contributed by atoms with Crippen LogP contribution in [0.25, 0.3) is 165 Å². The van der Waals surface area contributed by atoms with Crippen LogP contribution in [0, 0.1) is 0 Å². The first-order valence-electron chi connectivity index (χ1n) is 29.7. The van der Waals surface area contributed by atoms with Crippen LogP contribution < -0.4 is 5.46 Å². The first kappa shape index (κ1) is 54.3. The number of nitrogens with zero attached hydrogens (tertiary/aromatic N) is 4. The van der Waals surface area contributed by atoms with Crippen LogP contribution in [0.2, 0.25) is 0 Å². The van der Waals surface area contributed by atoms with E-state index in [1.165, 1.54) is 21.5 Å². The summed E-state index contributed by atoms with van der Waals surface area (Å²) in [6.07, 6.45) is 3.77. The predicted molar refractivity (Wildman–Crippen MR) is 375 cm³/mol. The maximum Gasteiger partial charge on any atom is 0.488 e. The Labute approximate surface area is 524 Å². The molecule has 0 atom stereocenters. The van der Waals surface area contributed by atoms with Gasteiger partial charge >= 0.3 is 7.12 Å². The average Bonchev–Trinajstić information content (AvgIpc) is 1.15. The van der Waals surface area contributed by atoms with Crippen molar-refractivity contribution in [2.45, 2.75) is 0 Å². The van der Waals surface area contributed by atoms with E-state index in [4.69, 9.17) is 28.8 Å². The minimum absolute atomic E-state index is 0.464. The van der Waals surface area contributed by atoms with Gasteiger partial charge in [0.05, 0.1) is 45.8 Å². The van der Waals surface area contributed by atoms with E-state index in [-0.39, 0.29) is 0 Å². The third-order valence-corrected chi connectivity index (χ3v) is 17.4. The first-order valence-corrected chi connectivity index (χ1v) is 30.5. The molecule has 4 aromatic heterocycles. The normalized spacial score (nSPS) is 11.5. The van der Waals surface area contributed by atoms with E-state index in [2.05, 4.69) is 204 Å².